The van der Waals surface area contributed by atoms with E-state index in [1.54, 1.807) is 0 Å². The van der Waals surface area contributed by atoms with E-state index in [0.717, 1.165) is 19.6 Å². The van der Waals surface area contributed by atoms with Crippen LogP contribution in [0.3, 0.4) is 0 Å². The lowest BCUT2D eigenvalue weighted by atomic mass is 9.85. The Morgan fingerprint density at radius 1 is 1.10 bits per heavy atom. The van der Waals surface area contributed by atoms with E-state index in [2.05, 4.69) is 76.0 Å². The second-order valence-corrected chi connectivity index (χ2v) is 6.31. The molecule has 0 saturated carbocycles. The first-order valence-corrected chi connectivity index (χ1v) is 8.58. The van der Waals surface area contributed by atoms with Crippen LogP contribution >= 0.6 is 0 Å². The molecule has 2 nitrogen and oxygen atoms in total. The van der Waals surface area contributed by atoms with Crippen molar-refractivity contribution < 1.29 is 0 Å². The Hall–Kier alpha value is -0.860. The van der Waals surface area contributed by atoms with Crippen molar-refractivity contribution >= 4 is 0 Å². The van der Waals surface area contributed by atoms with E-state index in [4.69, 9.17) is 0 Å². The van der Waals surface area contributed by atoms with E-state index in [9.17, 15) is 0 Å². The number of aryl methyl sites for hydroxylation is 1. The van der Waals surface area contributed by atoms with Crippen LogP contribution in [0.4, 0.5) is 0 Å². The predicted molar refractivity (Wildman–Crippen MR) is 93.9 cm³/mol. The summed E-state index contributed by atoms with van der Waals surface area (Å²) < 4.78 is 0. The number of nitrogens with zero attached hydrogens (tertiary/aromatic N) is 1. The highest BCUT2D eigenvalue weighted by Crippen LogP contribution is 2.31. The summed E-state index contributed by atoms with van der Waals surface area (Å²) in [6.07, 6.45) is 2.37. The van der Waals surface area contributed by atoms with Gasteiger partial charge in [-0.2, -0.15) is 0 Å². The SMILES string of the molecule is CCCc1cccc(C(NCC)C(C)(C)N(CC)CC)c1. The Labute approximate surface area is 131 Å². The van der Waals surface area contributed by atoms with Crippen molar-refractivity contribution in [2.24, 2.45) is 0 Å². The highest BCUT2D eigenvalue weighted by atomic mass is 15.2. The summed E-state index contributed by atoms with van der Waals surface area (Å²) in [6.45, 7) is 16.8. The minimum absolute atomic E-state index is 0.102. The number of hydrogen-bond donors (Lipinski definition) is 1. The molecule has 0 aliphatic heterocycles. The van der Waals surface area contributed by atoms with Gasteiger partial charge >= 0.3 is 0 Å². The molecule has 1 unspecified atom stereocenters. The smallest absolute Gasteiger partial charge is 0.0501 e. The molecule has 0 aliphatic rings. The lowest BCUT2D eigenvalue weighted by molar-refractivity contribution is 0.0918. The van der Waals surface area contributed by atoms with Gasteiger partial charge in [0.15, 0.2) is 0 Å². The van der Waals surface area contributed by atoms with Crippen LogP contribution in [0.25, 0.3) is 0 Å². The molecule has 0 saturated heterocycles. The maximum atomic E-state index is 3.72. The number of benzene rings is 1. The normalized spacial score (nSPS) is 13.7. The van der Waals surface area contributed by atoms with Gasteiger partial charge in [-0.1, -0.05) is 58.4 Å². The summed E-state index contributed by atoms with van der Waals surface area (Å²) in [6, 6.07) is 9.49. The summed E-state index contributed by atoms with van der Waals surface area (Å²) in [7, 11) is 0. The third-order valence-corrected chi connectivity index (χ3v) is 4.52. The fourth-order valence-corrected chi connectivity index (χ4v) is 3.42. The van der Waals surface area contributed by atoms with Crippen LogP contribution in [0.1, 0.15) is 65.1 Å². The Morgan fingerprint density at radius 2 is 1.76 bits per heavy atom. The van der Waals surface area contributed by atoms with Crippen molar-refractivity contribution in [3.63, 3.8) is 0 Å². The highest BCUT2D eigenvalue weighted by Gasteiger charge is 2.34. The first-order valence-electron chi connectivity index (χ1n) is 8.58. The Balaban J connectivity index is 3.13. The van der Waals surface area contributed by atoms with Crippen molar-refractivity contribution in [2.75, 3.05) is 19.6 Å². The average molecular weight is 290 g/mol. The third kappa shape index (κ3) is 4.55. The van der Waals surface area contributed by atoms with E-state index in [0.29, 0.717) is 6.04 Å². The fourth-order valence-electron chi connectivity index (χ4n) is 3.42. The Kier molecular flexibility index (Phi) is 7.41. The van der Waals surface area contributed by atoms with Gasteiger partial charge in [0.05, 0.1) is 6.04 Å². The largest absolute Gasteiger partial charge is 0.309 e. The van der Waals surface area contributed by atoms with Gasteiger partial charge in [0.2, 0.25) is 0 Å². The summed E-state index contributed by atoms with van der Waals surface area (Å²) in [4.78, 5) is 2.55. The molecule has 2 heteroatoms. The molecule has 0 heterocycles. The molecule has 0 spiro atoms. The first-order chi connectivity index (χ1) is 10.0. The molecule has 1 aromatic rings. The maximum Gasteiger partial charge on any atom is 0.0501 e. The molecule has 0 aliphatic carbocycles. The second kappa shape index (κ2) is 8.55. The maximum absolute atomic E-state index is 3.72. The topological polar surface area (TPSA) is 15.3 Å². The number of rotatable bonds is 9. The molecule has 1 N–H and O–H groups in total. The summed E-state index contributed by atoms with van der Waals surface area (Å²) in [5.74, 6) is 0. The van der Waals surface area contributed by atoms with Gasteiger partial charge in [-0.25, -0.2) is 0 Å². The number of hydrogen-bond acceptors (Lipinski definition) is 2. The van der Waals surface area contributed by atoms with Crippen LogP contribution in [0.2, 0.25) is 0 Å². The standard InChI is InChI=1S/C19H34N2/c1-7-12-16-13-11-14-17(15-16)18(20-8-2)19(5,6)21(9-3)10-4/h11,13-15,18,20H,7-10,12H2,1-6H3. The zero-order valence-corrected chi connectivity index (χ0v) is 14.9. The summed E-state index contributed by atoms with van der Waals surface area (Å²) in [5, 5.41) is 3.72. The summed E-state index contributed by atoms with van der Waals surface area (Å²) >= 11 is 0. The minimum Gasteiger partial charge on any atom is -0.309 e. The molecular weight excluding hydrogens is 256 g/mol. The van der Waals surface area contributed by atoms with Crippen LogP contribution in [0, 0.1) is 0 Å². The van der Waals surface area contributed by atoms with E-state index in [1.165, 1.54) is 24.0 Å². The van der Waals surface area contributed by atoms with Crippen LogP contribution in [-0.4, -0.2) is 30.1 Å². The molecule has 1 rings (SSSR count). The van der Waals surface area contributed by atoms with Crippen LogP contribution in [0.15, 0.2) is 24.3 Å². The minimum atomic E-state index is 0.102. The molecule has 1 atom stereocenters. The lowest BCUT2D eigenvalue weighted by Crippen LogP contribution is -2.52. The van der Waals surface area contributed by atoms with Crippen molar-refractivity contribution in [2.45, 2.75) is 66.0 Å². The molecular formula is C19H34N2. The fraction of sp³-hybridized carbons (Fsp3) is 0.684. The molecule has 0 bridgehead atoms. The van der Waals surface area contributed by atoms with Crippen molar-refractivity contribution in [1.29, 1.82) is 0 Å². The molecule has 0 radical (unpaired) electrons. The second-order valence-electron chi connectivity index (χ2n) is 6.31. The number of likely N-dealkylation sites (N-methyl/N-ethyl adjacent to an activating group) is 2. The van der Waals surface area contributed by atoms with Gasteiger partial charge in [-0.05, 0) is 51.0 Å². The molecule has 0 fully saturated rings. The molecule has 21 heavy (non-hydrogen) atoms. The van der Waals surface area contributed by atoms with Gasteiger partial charge in [-0.15, -0.1) is 0 Å². The van der Waals surface area contributed by atoms with Crippen molar-refractivity contribution in [3.05, 3.63) is 35.4 Å². The van der Waals surface area contributed by atoms with E-state index in [1.807, 2.05) is 0 Å². The van der Waals surface area contributed by atoms with Gasteiger partial charge < -0.3 is 5.32 Å². The molecule has 120 valence electrons. The van der Waals surface area contributed by atoms with Crippen molar-refractivity contribution in [3.8, 4) is 0 Å². The van der Waals surface area contributed by atoms with E-state index >= 15 is 0 Å². The quantitative estimate of drug-likeness (QED) is 0.724. The van der Waals surface area contributed by atoms with Crippen LogP contribution < -0.4 is 5.32 Å². The average Bonchev–Trinajstić information content (AvgIpc) is 2.46. The van der Waals surface area contributed by atoms with Gasteiger partial charge in [0, 0.05) is 5.54 Å². The third-order valence-electron chi connectivity index (χ3n) is 4.52. The highest BCUT2D eigenvalue weighted by molar-refractivity contribution is 5.28. The monoisotopic (exact) mass is 290 g/mol. The molecule has 0 aromatic heterocycles. The number of nitrogens with one attached hydrogen (secondary N) is 1. The van der Waals surface area contributed by atoms with Crippen molar-refractivity contribution in [1.82, 2.24) is 10.2 Å². The Bertz CT molecular complexity index is 408. The van der Waals surface area contributed by atoms with Crippen LogP contribution in [0.5, 0.6) is 0 Å². The predicted octanol–water partition coefficient (Wildman–Crippen LogP) is 4.41. The van der Waals surface area contributed by atoms with E-state index in [-0.39, 0.29) is 5.54 Å². The van der Waals surface area contributed by atoms with Crippen LogP contribution in [-0.2, 0) is 6.42 Å². The van der Waals surface area contributed by atoms with Gasteiger partial charge in [0.1, 0.15) is 0 Å². The zero-order chi connectivity index (χ0) is 15.9. The van der Waals surface area contributed by atoms with Gasteiger partial charge in [0.25, 0.3) is 0 Å². The molecule has 0 amide bonds. The Morgan fingerprint density at radius 3 is 2.29 bits per heavy atom. The summed E-state index contributed by atoms with van der Waals surface area (Å²) in [5.41, 5.74) is 2.97. The molecule has 1 aromatic carbocycles. The zero-order valence-electron chi connectivity index (χ0n) is 14.9. The van der Waals surface area contributed by atoms with Gasteiger partial charge in [-0.3, -0.25) is 4.90 Å². The first kappa shape index (κ1) is 18.2. The lowest BCUT2D eigenvalue weighted by Gasteiger charge is -2.44. The van der Waals surface area contributed by atoms with E-state index < -0.39 is 0 Å².